The molecule has 0 N–H and O–H groups in total. The van der Waals surface area contributed by atoms with E-state index in [0.29, 0.717) is 0 Å². The molecule has 0 aliphatic rings. The summed E-state index contributed by atoms with van der Waals surface area (Å²) in [6, 6.07) is 0. The van der Waals surface area contributed by atoms with E-state index in [-0.39, 0.29) is 0 Å². The molecule has 56 valence electrons. The fourth-order valence-electron chi connectivity index (χ4n) is 0. The number of halogens is 5. The fourth-order valence-corrected chi connectivity index (χ4v) is 0. The number of rotatable bonds is 1. The summed E-state index contributed by atoms with van der Waals surface area (Å²) in [6.07, 6.45) is 0. The van der Waals surface area contributed by atoms with E-state index in [4.69, 9.17) is 58.0 Å². The van der Waals surface area contributed by atoms with Crippen molar-refractivity contribution < 1.29 is 0 Å². The van der Waals surface area contributed by atoms with Crippen LogP contribution in [-0.2, 0) is 0 Å². The van der Waals surface area contributed by atoms with Gasteiger partial charge in [-0.1, -0.05) is 18.2 Å². The minimum atomic E-state index is -0.673. The van der Waals surface area contributed by atoms with Crippen molar-refractivity contribution in [2.45, 2.75) is 9.67 Å². The van der Waals surface area contributed by atoms with Crippen LogP contribution in [0.1, 0.15) is 0 Å². The van der Waals surface area contributed by atoms with Crippen molar-refractivity contribution in [1.82, 2.24) is 0 Å². The van der Waals surface area contributed by atoms with Gasteiger partial charge in [0.05, 0.1) is 0 Å². The summed E-state index contributed by atoms with van der Waals surface area (Å²) in [7, 11) is 0. The van der Waals surface area contributed by atoms with E-state index >= 15 is 0 Å². The molecule has 5 heteroatoms. The van der Waals surface area contributed by atoms with Gasteiger partial charge in [0.25, 0.3) is 0 Å². The molecular weight excluding hydrogens is 225 g/mol. The van der Waals surface area contributed by atoms with Crippen LogP contribution in [0.4, 0.5) is 0 Å². The van der Waals surface area contributed by atoms with Crippen LogP contribution < -0.4 is 0 Å². The highest BCUT2D eigenvalue weighted by molar-refractivity contribution is 6.56. The van der Waals surface area contributed by atoms with Crippen LogP contribution in [0.15, 0.2) is 12.1 Å². The van der Waals surface area contributed by atoms with Crippen LogP contribution in [0, 0.1) is 0 Å². The second-order valence-corrected chi connectivity index (χ2v) is 3.46. The van der Waals surface area contributed by atoms with Crippen LogP contribution >= 0.6 is 58.0 Å². The van der Waals surface area contributed by atoms with E-state index in [1.54, 1.807) is 0 Å². The third-order valence-corrected chi connectivity index (χ3v) is 1.71. The lowest BCUT2D eigenvalue weighted by Crippen LogP contribution is -1.96. The summed E-state index contributed by atoms with van der Waals surface area (Å²) >= 11 is 25.2. The first-order chi connectivity index (χ1) is 4.06. The molecule has 0 aliphatic heterocycles. The third-order valence-electron chi connectivity index (χ3n) is 0.190. The summed E-state index contributed by atoms with van der Waals surface area (Å²) in [4.78, 5) is -1.35. The molecule has 0 rings (SSSR count). The van der Waals surface area contributed by atoms with E-state index in [1.807, 2.05) is 0 Å². The van der Waals surface area contributed by atoms with Crippen molar-refractivity contribution in [2.75, 3.05) is 0 Å². The van der Waals surface area contributed by atoms with Crippen LogP contribution in [0.2, 0.25) is 0 Å². The van der Waals surface area contributed by atoms with Crippen molar-refractivity contribution in [3.8, 4) is 0 Å². The molecule has 0 saturated carbocycles. The Balaban J connectivity index is 0. The Bertz CT molecular complexity index is 54.0. The fraction of sp³-hybridized carbons (Fsp3) is 0.500. The second kappa shape index (κ2) is 9.19. The zero-order chi connectivity index (χ0) is 7.86. The smallest absolute Gasteiger partial charge is 0.102 e. The lowest BCUT2D eigenvalue weighted by atomic mass is 10.9. The largest absolute Gasteiger partial charge is 0.137 e. The third kappa shape index (κ3) is 17.6. The SMILES string of the molecule is C=CCl.ClC(Cl)C(Cl)Cl. The highest BCUT2D eigenvalue weighted by atomic mass is 35.5. The van der Waals surface area contributed by atoms with Crippen molar-refractivity contribution in [2.24, 2.45) is 0 Å². The molecule has 0 nitrogen and oxygen atoms in total. The Labute approximate surface area is 79.7 Å². The molecule has 0 bridgehead atoms. The zero-order valence-electron chi connectivity index (χ0n) is 4.33. The maximum Gasteiger partial charge on any atom is 0.137 e. The number of hydrogen-bond acceptors (Lipinski definition) is 0. The standard InChI is InChI=1S/C2H2Cl4.C2H3Cl/c3-1(4)2(5)6;1-2-3/h1-2H;2H,1H2. The maximum atomic E-state index is 5.11. The Morgan fingerprint density at radius 2 is 1.11 bits per heavy atom. The van der Waals surface area contributed by atoms with Gasteiger partial charge in [-0.2, -0.15) is 0 Å². The van der Waals surface area contributed by atoms with Crippen molar-refractivity contribution >= 4 is 58.0 Å². The van der Waals surface area contributed by atoms with Gasteiger partial charge in [-0.3, -0.25) is 0 Å². The molecule has 0 amide bonds. The van der Waals surface area contributed by atoms with Crippen LogP contribution in [0.5, 0.6) is 0 Å². The summed E-state index contributed by atoms with van der Waals surface area (Å²) in [5, 5.41) is 0. The average molecular weight is 230 g/mol. The molecule has 0 aliphatic carbocycles. The van der Waals surface area contributed by atoms with Gasteiger partial charge >= 0.3 is 0 Å². The molecule has 0 radical (unpaired) electrons. The van der Waals surface area contributed by atoms with Crippen molar-refractivity contribution in [1.29, 1.82) is 0 Å². The monoisotopic (exact) mass is 228 g/mol. The first-order valence-electron chi connectivity index (χ1n) is 1.83. The highest BCUT2D eigenvalue weighted by Crippen LogP contribution is 2.16. The van der Waals surface area contributed by atoms with Gasteiger partial charge in [-0.05, 0) is 5.54 Å². The van der Waals surface area contributed by atoms with Gasteiger partial charge in [-0.25, -0.2) is 0 Å². The molecule has 0 aromatic heterocycles. The van der Waals surface area contributed by atoms with Gasteiger partial charge in [0.2, 0.25) is 0 Å². The lowest BCUT2D eigenvalue weighted by molar-refractivity contribution is 1.29. The predicted octanol–water partition coefficient (Wildman–Crippen LogP) is 3.96. The predicted molar refractivity (Wildman–Crippen MR) is 47.0 cm³/mol. The Hall–Kier alpha value is 1.19. The van der Waals surface area contributed by atoms with Gasteiger partial charge in [0.1, 0.15) is 9.67 Å². The molecule has 0 aromatic rings. The second-order valence-electron chi connectivity index (χ2n) is 0.823. The summed E-state index contributed by atoms with van der Waals surface area (Å²) in [5.74, 6) is 0. The molecule has 0 unspecified atom stereocenters. The van der Waals surface area contributed by atoms with Crippen molar-refractivity contribution in [3.05, 3.63) is 12.1 Å². The van der Waals surface area contributed by atoms with Crippen LogP contribution in [0.25, 0.3) is 0 Å². The minimum absolute atomic E-state index is 0.673. The van der Waals surface area contributed by atoms with E-state index in [0.717, 1.165) is 0 Å². The van der Waals surface area contributed by atoms with E-state index in [9.17, 15) is 0 Å². The Kier molecular flexibility index (Phi) is 13.1. The van der Waals surface area contributed by atoms with E-state index in [2.05, 4.69) is 6.58 Å². The lowest BCUT2D eigenvalue weighted by Gasteiger charge is -1.95. The molecule has 0 fully saturated rings. The Morgan fingerprint density at radius 3 is 1.11 bits per heavy atom. The normalized spacial score (nSPS) is 8.78. The topological polar surface area (TPSA) is 0 Å². The molecule has 9 heavy (non-hydrogen) atoms. The van der Waals surface area contributed by atoms with E-state index < -0.39 is 9.67 Å². The summed E-state index contributed by atoms with van der Waals surface area (Å²) in [5.41, 5.74) is 1.22. The summed E-state index contributed by atoms with van der Waals surface area (Å²) < 4.78 is 0. The highest BCUT2D eigenvalue weighted by Gasteiger charge is 2.06. The molecular formula is C4H5Cl5. The zero-order valence-corrected chi connectivity index (χ0v) is 8.11. The van der Waals surface area contributed by atoms with Gasteiger partial charge in [0.15, 0.2) is 0 Å². The molecule has 0 heterocycles. The number of alkyl halides is 4. The minimum Gasteiger partial charge on any atom is -0.102 e. The molecule has 0 atom stereocenters. The van der Waals surface area contributed by atoms with Crippen LogP contribution in [-0.4, -0.2) is 9.67 Å². The van der Waals surface area contributed by atoms with E-state index in [1.165, 1.54) is 5.54 Å². The Morgan fingerprint density at radius 1 is 1.00 bits per heavy atom. The summed E-state index contributed by atoms with van der Waals surface area (Å²) in [6.45, 7) is 3.13. The van der Waals surface area contributed by atoms with Gasteiger partial charge < -0.3 is 0 Å². The molecule has 0 spiro atoms. The maximum absolute atomic E-state index is 5.11. The quantitative estimate of drug-likeness (QED) is 0.598. The molecule has 0 saturated heterocycles. The average Bonchev–Trinajstić information content (AvgIpc) is 1.68. The van der Waals surface area contributed by atoms with Crippen molar-refractivity contribution in [3.63, 3.8) is 0 Å². The molecule has 0 aromatic carbocycles. The van der Waals surface area contributed by atoms with Gasteiger partial charge in [0, 0.05) is 0 Å². The van der Waals surface area contributed by atoms with Gasteiger partial charge in [-0.15, -0.1) is 46.4 Å². The number of hydrogen-bond donors (Lipinski definition) is 0. The van der Waals surface area contributed by atoms with Crippen LogP contribution in [0.3, 0.4) is 0 Å². The first kappa shape index (κ1) is 12.8. The first-order valence-corrected chi connectivity index (χ1v) is 4.01.